The summed E-state index contributed by atoms with van der Waals surface area (Å²) in [6.07, 6.45) is 2.41. The standard InChI is InChI=1S/C9H13N3O2/c13-8-2-4-11-9(14)12(8)6-7-1-3-10-5-7/h2,4,7,10H,1,3,5-6H2,(H,11,14). The van der Waals surface area contributed by atoms with E-state index in [1.54, 1.807) is 0 Å². The zero-order valence-corrected chi connectivity index (χ0v) is 7.82. The summed E-state index contributed by atoms with van der Waals surface area (Å²) in [5.74, 6) is 0.399. The van der Waals surface area contributed by atoms with Crippen LogP contribution in [-0.2, 0) is 6.54 Å². The fourth-order valence-corrected chi connectivity index (χ4v) is 1.75. The Bertz CT molecular complexity index is 386. The maximum atomic E-state index is 11.4. The first-order chi connectivity index (χ1) is 6.77. The van der Waals surface area contributed by atoms with Gasteiger partial charge >= 0.3 is 5.69 Å². The van der Waals surface area contributed by atoms with Crippen molar-refractivity contribution in [1.82, 2.24) is 14.9 Å². The van der Waals surface area contributed by atoms with E-state index in [1.165, 1.54) is 16.8 Å². The van der Waals surface area contributed by atoms with Crippen LogP contribution in [0.1, 0.15) is 6.42 Å². The van der Waals surface area contributed by atoms with Crippen molar-refractivity contribution in [2.45, 2.75) is 13.0 Å². The highest BCUT2D eigenvalue weighted by Crippen LogP contribution is 2.07. The second kappa shape index (κ2) is 3.79. The molecule has 76 valence electrons. The molecule has 0 radical (unpaired) electrons. The number of nitrogens with one attached hydrogen (secondary N) is 2. The van der Waals surface area contributed by atoms with Gasteiger partial charge in [-0.25, -0.2) is 4.79 Å². The molecule has 0 spiro atoms. The van der Waals surface area contributed by atoms with E-state index in [1.807, 2.05) is 0 Å². The van der Waals surface area contributed by atoms with Gasteiger partial charge in [-0.05, 0) is 25.4 Å². The molecule has 0 amide bonds. The smallest absolute Gasteiger partial charge is 0.316 e. The molecule has 5 heteroatoms. The van der Waals surface area contributed by atoms with E-state index < -0.39 is 0 Å². The Morgan fingerprint density at radius 1 is 1.50 bits per heavy atom. The highest BCUT2D eigenvalue weighted by Gasteiger charge is 2.16. The summed E-state index contributed by atoms with van der Waals surface area (Å²) in [6, 6.07) is 1.38. The zero-order valence-electron chi connectivity index (χ0n) is 7.82. The summed E-state index contributed by atoms with van der Waals surface area (Å²) >= 11 is 0. The molecule has 5 nitrogen and oxygen atoms in total. The molecule has 1 atom stereocenters. The van der Waals surface area contributed by atoms with Gasteiger partial charge in [-0.1, -0.05) is 0 Å². The van der Waals surface area contributed by atoms with Gasteiger partial charge in [0.25, 0.3) is 5.56 Å². The maximum Gasteiger partial charge on any atom is 0.328 e. The topological polar surface area (TPSA) is 66.9 Å². The predicted octanol–water partition coefficient (Wildman–Crippen LogP) is -0.854. The molecule has 0 aliphatic carbocycles. The normalized spacial score (nSPS) is 21.3. The van der Waals surface area contributed by atoms with Crippen LogP contribution in [0.4, 0.5) is 0 Å². The Labute approximate surface area is 80.8 Å². The third-order valence-electron chi connectivity index (χ3n) is 2.55. The fraction of sp³-hybridized carbons (Fsp3) is 0.556. The lowest BCUT2D eigenvalue weighted by molar-refractivity contribution is 0.457. The molecule has 1 aromatic heterocycles. The number of H-pyrrole nitrogens is 1. The first kappa shape index (κ1) is 9.21. The van der Waals surface area contributed by atoms with Crippen molar-refractivity contribution in [3.05, 3.63) is 33.1 Å². The van der Waals surface area contributed by atoms with E-state index in [2.05, 4.69) is 10.3 Å². The Morgan fingerprint density at radius 3 is 3.00 bits per heavy atom. The van der Waals surface area contributed by atoms with Gasteiger partial charge in [-0.15, -0.1) is 0 Å². The molecular formula is C9H13N3O2. The summed E-state index contributed by atoms with van der Waals surface area (Å²) in [5, 5.41) is 3.20. The van der Waals surface area contributed by atoms with Gasteiger partial charge in [0.2, 0.25) is 0 Å². The molecule has 1 aliphatic heterocycles. The SMILES string of the molecule is O=c1cc[nH]c(=O)n1CC1CCNC1. The number of nitrogens with zero attached hydrogens (tertiary/aromatic N) is 1. The quantitative estimate of drug-likeness (QED) is 0.645. The lowest BCUT2D eigenvalue weighted by Gasteiger charge is -2.08. The van der Waals surface area contributed by atoms with Gasteiger partial charge in [-0.3, -0.25) is 9.36 Å². The maximum absolute atomic E-state index is 11.4. The minimum atomic E-state index is -0.315. The van der Waals surface area contributed by atoms with Crippen LogP contribution in [0.2, 0.25) is 0 Å². The van der Waals surface area contributed by atoms with Gasteiger partial charge in [-0.2, -0.15) is 0 Å². The molecule has 2 N–H and O–H groups in total. The van der Waals surface area contributed by atoms with Crippen molar-refractivity contribution in [2.24, 2.45) is 5.92 Å². The van der Waals surface area contributed by atoms with Crippen molar-refractivity contribution in [2.75, 3.05) is 13.1 Å². The van der Waals surface area contributed by atoms with Gasteiger partial charge in [0.15, 0.2) is 0 Å². The predicted molar refractivity (Wildman–Crippen MR) is 52.3 cm³/mol. The molecule has 1 fully saturated rings. The lowest BCUT2D eigenvalue weighted by atomic mass is 10.1. The molecule has 1 aromatic rings. The second-order valence-corrected chi connectivity index (χ2v) is 3.59. The molecular weight excluding hydrogens is 182 g/mol. The third kappa shape index (κ3) is 1.77. The van der Waals surface area contributed by atoms with Gasteiger partial charge in [0.05, 0.1) is 0 Å². The summed E-state index contributed by atoms with van der Waals surface area (Å²) in [4.78, 5) is 25.2. The highest BCUT2D eigenvalue weighted by atomic mass is 16.2. The summed E-state index contributed by atoms with van der Waals surface area (Å²) in [5.41, 5.74) is -0.537. The van der Waals surface area contributed by atoms with Crippen LogP contribution in [0, 0.1) is 5.92 Å². The monoisotopic (exact) mass is 195 g/mol. The van der Waals surface area contributed by atoms with E-state index in [0.29, 0.717) is 12.5 Å². The molecule has 2 rings (SSSR count). The first-order valence-electron chi connectivity index (χ1n) is 4.76. The Kier molecular flexibility index (Phi) is 2.49. The average molecular weight is 195 g/mol. The van der Waals surface area contributed by atoms with Crippen LogP contribution >= 0.6 is 0 Å². The van der Waals surface area contributed by atoms with Crippen LogP contribution in [0.15, 0.2) is 21.9 Å². The fourth-order valence-electron chi connectivity index (χ4n) is 1.75. The second-order valence-electron chi connectivity index (χ2n) is 3.59. The number of hydrogen-bond donors (Lipinski definition) is 2. The minimum Gasteiger partial charge on any atom is -0.316 e. The molecule has 1 aliphatic rings. The van der Waals surface area contributed by atoms with Crippen LogP contribution in [0.5, 0.6) is 0 Å². The third-order valence-corrected chi connectivity index (χ3v) is 2.55. The van der Waals surface area contributed by atoms with E-state index in [4.69, 9.17) is 0 Å². The van der Waals surface area contributed by atoms with Gasteiger partial charge < -0.3 is 10.3 Å². The van der Waals surface area contributed by atoms with Crippen molar-refractivity contribution >= 4 is 0 Å². The summed E-state index contributed by atoms with van der Waals surface area (Å²) in [6.45, 7) is 2.38. The lowest BCUT2D eigenvalue weighted by Crippen LogP contribution is -2.36. The minimum absolute atomic E-state index is 0.222. The largest absolute Gasteiger partial charge is 0.328 e. The van der Waals surface area contributed by atoms with Crippen molar-refractivity contribution in [3.8, 4) is 0 Å². The van der Waals surface area contributed by atoms with Crippen molar-refractivity contribution in [1.29, 1.82) is 0 Å². The zero-order chi connectivity index (χ0) is 9.97. The highest BCUT2D eigenvalue weighted by molar-refractivity contribution is 4.84. The summed E-state index contributed by atoms with van der Waals surface area (Å²) < 4.78 is 1.26. The molecule has 0 aromatic carbocycles. The number of aromatic amines is 1. The van der Waals surface area contributed by atoms with Crippen LogP contribution in [0.3, 0.4) is 0 Å². The Balaban J connectivity index is 2.23. The van der Waals surface area contributed by atoms with E-state index >= 15 is 0 Å². The van der Waals surface area contributed by atoms with Gasteiger partial charge in [0, 0.05) is 18.8 Å². The molecule has 14 heavy (non-hydrogen) atoms. The Morgan fingerprint density at radius 2 is 2.36 bits per heavy atom. The van der Waals surface area contributed by atoms with Crippen molar-refractivity contribution in [3.63, 3.8) is 0 Å². The van der Waals surface area contributed by atoms with Crippen LogP contribution < -0.4 is 16.6 Å². The van der Waals surface area contributed by atoms with Gasteiger partial charge in [0.1, 0.15) is 0 Å². The number of aromatic nitrogens is 2. The van der Waals surface area contributed by atoms with E-state index in [0.717, 1.165) is 19.5 Å². The van der Waals surface area contributed by atoms with Crippen LogP contribution in [0.25, 0.3) is 0 Å². The number of hydrogen-bond acceptors (Lipinski definition) is 3. The Hall–Kier alpha value is -1.36. The average Bonchev–Trinajstić information content (AvgIpc) is 2.64. The van der Waals surface area contributed by atoms with Crippen molar-refractivity contribution < 1.29 is 0 Å². The molecule has 1 saturated heterocycles. The summed E-state index contributed by atoms with van der Waals surface area (Å²) in [7, 11) is 0. The molecule has 1 unspecified atom stereocenters. The molecule has 0 saturated carbocycles. The molecule has 2 heterocycles. The molecule has 0 bridgehead atoms. The van der Waals surface area contributed by atoms with E-state index in [9.17, 15) is 9.59 Å². The number of rotatable bonds is 2. The van der Waals surface area contributed by atoms with E-state index in [-0.39, 0.29) is 11.2 Å². The van der Waals surface area contributed by atoms with Crippen LogP contribution in [-0.4, -0.2) is 22.6 Å². The first-order valence-corrected chi connectivity index (χ1v) is 4.76.